The van der Waals surface area contributed by atoms with Crippen LogP contribution in [0, 0.1) is 0 Å². The fourth-order valence-corrected chi connectivity index (χ4v) is 5.52. The van der Waals surface area contributed by atoms with E-state index in [4.69, 9.17) is 4.74 Å². The monoisotopic (exact) mass is 464 g/mol. The van der Waals surface area contributed by atoms with Crippen LogP contribution in [-0.2, 0) is 14.8 Å². The summed E-state index contributed by atoms with van der Waals surface area (Å²) in [4.78, 5) is 19.6. The van der Waals surface area contributed by atoms with Gasteiger partial charge in [-0.25, -0.2) is 13.4 Å². The number of aromatic nitrogens is 1. The van der Waals surface area contributed by atoms with E-state index in [1.165, 1.54) is 16.1 Å². The molecule has 1 aliphatic rings. The van der Waals surface area contributed by atoms with Crippen LogP contribution in [0.4, 0.5) is 11.4 Å². The van der Waals surface area contributed by atoms with Crippen molar-refractivity contribution >= 4 is 39.1 Å². The number of carbonyl (C=O) groups is 1. The van der Waals surface area contributed by atoms with Crippen molar-refractivity contribution in [1.29, 1.82) is 0 Å². The summed E-state index contributed by atoms with van der Waals surface area (Å²) in [5.41, 5.74) is 1.67. The van der Waals surface area contributed by atoms with Crippen LogP contribution in [0.2, 0.25) is 0 Å². The molecule has 0 saturated carbocycles. The van der Waals surface area contributed by atoms with Gasteiger partial charge in [-0.15, -0.1) is 11.8 Å². The van der Waals surface area contributed by atoms with Gasteiger partial charge in [0.25, 0.3) is 5.91 Å². The summed E-state index contributed by atoms with van der Waals surface area (Å²) in [6.45, 7) is 6.83. The van der Waals surface area contributed by atoms with E-state index in [0.717, 1.165) is 5.69 Å². The van der Waals surface area contributed by atoms with Gasteiger partial charge in [0.15, 0.2) is 0 Å². The molecule has 10 heteroatoms. The molecule has 0 radical (unpaired) electrons. The van der Waals surface area contributed by atoms with Gasteiger partial charge >= 0.3 is 0 Å². The van der Waals surface area contributed by atoms with Crippen molar-refractivity contribution in [3.8, 4) is 0 Å². The zero-order valence-corrected chi connectivity index (χ0v) is 19.6. The average molecular weight is 465 g/mol. The number of carbonyl (C=O) groups excluding carboxylic acids is 1. The van der Waals surface area contributed by atoms with Crippen LogP contribution in [0.1, 0.15) is 24.2 Å². The van der Waals surface area contributed by atoms with Gasteiger partial charge < -0.3 is 15.0 Å². The number of anilines is 2. The van der Waals surface area contributed by atoms with Crippen molar-refractivity contribution in [1.82, 2.24) is 9.29 Å². The van der Waals surface area contributed by atoms with Gasteiger partial charge in [0.2, 0.25) is 10.0 Å². The molecular weight excluding hydrogens is 436 g/mol. The number of hydrogen-bond donors (Lipinski definition) is 1. The number of morpholine rings is 1. The van der Waals surface area contributed by atoms with E-state index in [1.807, 2.05) is 6.26 Å². The van der Waals surface area contributed by atoms with E-state index in [9.17, 15) is 13.2 Å². The predicted molar refractivity (Wildman–Crippen MR) is 124 cm³/mol. The molecule has 1 aliphatic heterocycles. The van der Waals surface area contributed by atoms with Crippen LogP contribution in [0.15, 0.2) is 46.5 Å². The van der Waals surface area contributed by atoms with Gasteiger partial charge in [0.1, 0.15) is 5.03 Å². The molecule has 0 unspecified atom stereocenters. The highest BCUT2D eigenvalue weighted by atomic mass is 32.2. The Morgan fingerprint density at radius 3 is 2.58 bits per heavy atom. The van der Waals surface area contributed by atoms with Crippen molar-refractivity contribution in [3.63, 3.8) is 0 Å². The zero-order valence-electron chi connectivity index (χ0n) is 18.0. The minimum Gasteiger partial charge on any atom is -0.378 e. The van der Waals surface area contributed by atoms with Gasteiger partial charge in [0, 0.05) is 32.4 Å². The first-order valence-corrected chi connectivity index (χ1v) is 12.9. The number of pyridine rings is 1. The molecular formula is C21H28N4O4S2. The van der Waals surface area contributed by atoms with E-state index in [0.29, 0.717) is 55.7 Å². The number of sulfonamides is 1. The third-order valence-electron chi connectivity index (χ3n) is 5.12. The lowest BCUT2D eigenvalue weighted by molar-refractivity contribution is 0.102. The molecule has 168 valence electrons. The summed E-state index contributed by atoms with van der Waals surface area (Å²) in [5, 5.41) is 3.54. The molecule has 1 saturated heterocycles. The second-order valence-electron chi connectivity index (χ2n) is 6.88. The molecule has 0 atom stereocenters. The van der Waals surface area contributed by atoms with Gasteiger partial charge in [-0.3, -0.25) is 4.79 Å². The van der Waals surface area contributed by atoms with Gasteiger partial charge in [0.05, 0.1) is 35.0 Å². The number of nitrogens with zero attached hydrogens (tertiary/aromatic N) is 3. The topological polar surface area (TPSA) is 91.8 Å². The average Bonchev–Trinajstić information content (AvgIpc) is 2.80. The van der Waals surface area contributed by atoms with Crippen molar-refractivity contribution in [3.05, 3.63) is 42.1 Å². The molecule has 0 spiro atoms. The van der Waals surface area contributed by atoms with Crippen molar-refractivity contribution < 1.29 is 17.9 Å². The number of hydrogen-bond acceptors (Lipinski definition) is 7. The fraction of sp³-hybridized carbons (Fsp3) is 0.429. The van der Waals surface area contributed by atoms with Gasteiger partial charge in [-0.05, 0) is 36.6 Å². The molecule has 1 N–H and O–H groups in total. The van der Waals surface area contributed by atoms with Crippen LogP contribution >= 0.6 is 11.8 Å². The van der Waals surface area contributed by atoms with Crippen molar-refractivity contribution in [2.24, 2.45) is 0 Å². The lowest BCUT2D eigenvalue weighted by Gasteiger charge is -2.31. The first-order chi connectivity index (χ1) is 14.9. The first-order valence-electron chi connectivity index (χ1n) is 10.2. The van der Waals surface area contributed by atoms with E-state index in [2.05, 4.69) is 15.2 Å². The number of nitrogens with one attached hydrogen (secondary N) is 1. The molecule has 1 aromatic heterocycles. The minimum atomic E-state index is -3.66. The molecule has 8 nitrogen and oxygen atoms in total. The Morgan fingerprint density at radius 1 is 1.23 bits per heavy atom. The predicted octanol–water partition coefficient (Wildman–Crippen LogP) is 2.92. The SMILES string of the molecule is CCN(CC)S(=O)(=O)c1ccc(N2CCOCC2)c(NC(=O)c2cccnc2SC)c1. The lowest BCUT2D eigenvalue weighted by Crippen LogP contribution is -2.37. The lowest BCUT2D eigenvalue weighted by atomic mass is 10.2. The number of ether oxygens (including phenoxy) is 1. The minimum absolute atomic E-state index is 0.153. The molecule has 1 fully saturated rings. The summed E-state index contributed by atoms with van der Waals surface area (Å²) in [6, 6.07) is 8.32. The summed E-state index contributed by atoms with van der Waals surface area (Å²) < 4.78 is 32.9. The molecule has 2 heterocycles. The van der Waals surface area contributed by atoms with Crippen LogP contribution in [0.3, 0.4) is 0 Å². The van der Waals surface area contributed by atoms with Crippen LogP contribution in [0.5, 0.6) is 0 Å². The van der Waals surface area contributed by atoms with Crippen molar-refractivity contribution in [2.75, 3.05) is 55.9 Å². The highest BCUT2D eigenvalue weighted by molar-refractivity contribution is 7.98. The Kier molecular flexibility index (Phi) is 7.93. The van der Waals surface area contributed by atoms with Crippen LogP contribution < -0.4 is 10.2 Å². The summed E-state index contributed by atoms with van der Waals surface area (Å²) in [6.07, 6.45) is 3.49. The largest absolute Gasteiger partial charge is 0.378 e. The molecule has 0 aliphatic carbocycles. The number of thioether (sulfide) groups is 1. The number of rotatable bonds is 8. The van der Waals surface area contributed by atoms with Crippen LogP contribution in [0.25, 0.3) is 0 Å². The van der Waals surface area contributed by atoms with E-state index < -0.39 is 10.0 Å². The number of benzene rings is 1. The molecule has 2 aromatic rings. The molecule has 31 heavy (non-hydrogen) atoms. The standard InChI is InChI=1S/C21H28N4O4S2/c1-4-25(5-2)31(27,28)16-8-9-19(24-11-13-29-14-12-24)18(15-16)23-20(26)17-7-6-10-22-21(17)30-3/h6-10,15H,4-5,11-14H2,1-3H3,(H,23,26). The molecule has 0 bridgehead atoms. The zero-order chi connectivity index (χ0) is 22.4. The highest BCUT2D eigenvalue weighted by Gasteiger charge is 2.25. The Bertz CT molecular complexity index is 1020. The summed E-state index contributed by atoms with van der Waals surface area (Å²) >= 11 is 1.38. The van der Waals surface area contributed by atoms with Gasteiger partial charge in [-0.2, -0.15) is 4.31 Å². The Hall–Kier alpha value is -2.14. The van der Waals surface area contributed by atoms with Gasteiger partial charge in [-0.1, -0.05) is 13.8 Å². The normalized spacial score (nSPS) is 14.6. The maximum absolute atomic E-state index is 13.1. The first kappa shape index (κ1) is 23.5. The second kappa shape index (κ2) is 10.4. The summed E-state index contributed by atoms with van der Waals surface area (Å²) in [7, 11) is -3.66. The third-order valence-corrected chi connectivity index (χ3v) is 7.88. The van der Waals surface area contributed by atoms with E-state index in [1.54, 1.807) is 50.4 Å². The van der Waals surface area contributed by atoms with Crippen molar-refractivity contribution in [2.45, 2.75) is 23.8 Å². The third kappa shape index (κ3) is 5.20. The maximum Gasteiger partial charge on any atom is 0.258 e. The van der Waals surface area contributed by atoms with Crippen LogP contribution in [-0.4, -0.2) is 69.3 Å². The maximum atomic E-state index is 13.1. The summed E-state index contributed by atoms with van der Waals surface area (Å²) in [5.74, 6) is -0.329. The quantitative estimate of drug-likeness (QED) is 0.601. The Labute approximate surface area is 188 Å². The second-order valence-corrected chi connectivity index (χ2v) is 9.61. The fourth-order valence-electron chi connectivity index (χ4n) is 3.48. The number of amides is 1. The molecule has 3 rings (SSSR count). The molecule has 1 amide bonds. The molecule has 1 aromatic carbocycles. The smallest absolute Gasteiger partial charge is 0.258 e. The van der Waals surface area contributed by atoms with E-state index >= 15 is 0 Å². The highest BCUT2D eigenvalue weighted by Crippen LogP contribution is 2.32. The Balaban J connectivity index is 2.03. The Morgan fingerprint density at radius 2 is 1.94 bits per heavy atom. The van der Waals surface area contributed by atoms with E-state index in [-0.39, 0.29) is 10.8 Å².